The number of allylic oxidation sites excluding steroid dienone is 3. The van der Waals surface area contributed by atoms with Crippen LogP contribution in [0.25, 0.3) is 0 Å². The summed E-state index contributed by atoms with van der Waals surface area (Å²) >= 11 is 8.80. The highest BCUT2D eigenvalue weighted by Crippen LogP contribution is 2.47. The average molecular weight is 577 g/mol. The predicted octanol–water partition coefficient (Wildman–Crippen LogP) is 4.95. The van der Waals surface area contributed by atoms with E-state index < -0.39 is 5.92 Å². The largest absolute Gasteiger partial charge is 0.384 e. The van der Waals surface area contributed by atoms with Gasteiger partial charge in [0.1, 0.15) is 5.82 Å². The third-order valence-electron chi connectivity index (χ3n) is 6.59. The highest BCUT2D eigenvalue weighted by Gasteiger charge is 2.41. The first-order valence-corrected chi connectivity index (χ1v) is 14.6. The van der Waals surface area contributed by atoms with Crippen molar-refractivity contribution in [1.29, 1.82) is 5.26 Å². The molecule has 39 heavy (non-hydrogen) atoms. The molecule has 11 heteroatoms. The normalized spacial score (nSPS) is 17.2. The fourth-order valence-corrected chi connectivity index (χ4v) is 6.75. The Labute approximate surface area is 239 Å². The van der Waals surface area contributed by atoms with Crippen molar-refractivity contribution in [2.75, 3.05) is 17.2 Å². The number of nitrogens with two attached hydrogens (primary N) is 1. The molecule has 3 N–H and O–H groups in total. The zero-order chi connectivity index (χ0) is 27.4. The molecule has 2 heterocycles. The zero-order valence-corrected chi connectivity index (χ0v) is 23.3. The molecule has 0 saturated heterocycles. The van der Waals surface area contributed by atoms with E-state index in [1.165, 1.54) is 23.1 Å². The standard InChI is InChI=1S/C28H25ClN6O2S2/c29-19-9-4-8-18(14-19)24-20(15-30)26(31)35(21-10-5-11-22(36)25(21)24)27-33-34-28(39-27)38-16-23(37)32-13-12-17-6-2-1-3-7-17/h1-4,6-9,14,24H,5,10-13,16,31H2,(H,32,37). The Morgan fingerprint density at radius 1 is 1.21 bits per heavy atom. The lowest BCUT2D eigenvalue weighted by Gasteiger charge is -2.38. The molecule has 2 aliphatic rings. The molecule has 1 aromatic heterocycles. The van der Waals surface area contributed by atoms with Crippen LogP contribution in [0.5, 0.6) is 0 Å². The van der Waals surface area contributed by atoms with Crippen molar-refractivity contribution >= 4 is 51.5 Å². The number of nitrogens with zero attached hydrogens (tertiary/aromatic N) is 4. The summed E-state index contributed by atoms with van der Waals surface area (Å²) in [6.07, 6.45) is 2.45. The van der Waals surface area contributed by atoms with Gasteiger partial charge in [0.2, 0.25) is 11.0 Å². The van der Waals surface area contributed by atoms with Crippen LogP contribution >= 0.6 is 34.7 Å². The van der Waals surface area contributed by atoms with Crippen molar-refractivity contribution in [3.8, 4) is 6.07 Å². The molecular formula is C28H25ClN6O2S2. The summed E-state index contributed by atoms with van der Waals surface area (Å²) in [4.78, 5) is 27.3. The highest BCUT2D eigenvalue weighted by atomic mass is 35.5. The van der Waals surface area contributed by atoms with Crippen LogP contribution in [0, 0.1) is 11.3 Å². The van der Waals surface area contributed by atoms with Crippen LogP contribution in [0.2, 0.25) is 5.02 Å². The molecule has 0 bridgehead atoms. The van der Waals surface area contributed by atoms with Crippen molar-refractivity contribution in [3.63, 3.8) is 0 Å². The number of aromatic nitrogens is 2. The van der Waals surface area contributed by atoms with Crippen LogP contribution in [-0.4, -0.2) is 34.2 Å². The number of amides is 1. The van der Waals surface area contributed by atoms with Crippen LogP contribution in [0.1, 0.15) is 36.3 Å². The maximum absolute atomic E-state index is 13.2. The molecule has 0 fully saturated rings. The number of hydrogen-bond acceptors (Lipinski definition) is 9. The van der Waals surface area contributed by atoms with Gasteiger partial charge in [-0.1, -0.05) is 77.2 Å². The lowest BCUT2D eigenvalue weighted by atomic mass is 9.76. The van der Waals surface area contributed by atoms with E-state index in [2.05, 4.69) is 21.6 Å². The number of nitriles is 1. The molecule has 1 aliphatic carbocycles. The van der Waals surface area contributed by atoms with E-state index in [0.29, 0.717) is 45.9 Å². The minimum absolute atomic E-state index is 0.0160. The van der Waals surface area contributed by atoms with Gasteiger partial charge < -0.3 is 11.1 Å². The quantitative estimate of drug-likeness (QED) is 0.361. The van der Waals surface area contributed by atoms with E-state index in [1.807, 2.05) is 36.4 Å². The maximum atomic E-state index is 13.2. The van der Waals surface area contributed by atoms with Crippen LogP contribution < -0.4 is 16.0 Å². The molecule has 1 amide bonds. The summed E-state index contributed by atoms with van der Waals surface area (Å²) < 4.78 is 0.593. The number of hydrogen-bond donors (Lipinski definition) is 2. The molecule has 5 rings (SSSR count). The van der Waals surface area contributed by atoms with E-state index in [4.69, 9.17) is 17.3 Å². The van der Waals surface area contributed by atoms with Gasteiger partial charge >= 0.3 is 0 Å². The van der Waals surface area contributed by atoms with Crippen LogP contribution in [0.3, 0.4) is 0 Å². The summed E-state index contributed by atoms with van der Waals surface area (Å²) in [6, 6.07) is 19.4. The van der Waals surface area contributed by atoms with Gasteiger partial charge in [0, 0.05) is 29.3 Å². The Balaban J connectivity index is 1.34. The molecule has 198 valence electrons. The Morgan fingerprint density at radius 2 is 2.03 bits per heavy atom. The fraction of sp³-hybridized carbons (Fsp3) is 0.250. The molecule has 2 aromatic carbocycles. The topological polar surface area (TPSA) is 125 Å². The summed E-state index contributed by atoms with van der Waals surface area (Å²) in [6.45, 7) is 0.551. The third kappa shape index (κ3) is 5.86. The monoisotopic (exact) mass is 576 g/mol. The van der Waals surface area contributed by atoms with Crippen LogP contribution in [-0.2, 0) is 16.0 Å². The second kappa shape index (κ2) is 12.0. The summed E-state index contributed by atoms with van der Waals surface area (Å²) in [7, 11) is 0. The maximum Gasteiger partial charge on any atom is 0.230 e. The number of ketones is 1. The van der Waals surface area contributed by atoms with Crippen molar-refractivity contribution in [2.24, 2.45) is 5.73 Å². The highest BCUT2D eigenvalue weighted by molar-refractivity contribution is 8.01. The Bertz CT molecular complexity index is 1510. The minimum atomic E-state index is -0.589. The number of anilines is 1. The number of rotatable bonds is 8. The summed E-state index contributed by atoms with van der Waals surface area (Å²) in [5.74, 6) is -0.278. The number of Topliss-reactive ketones (excluding diaryl/α,β-unsaturated/α-hetero) is 1. The van der Waals surface area contributed by atoms with E-state index in [1.54, 1.807) is 23.1 Å². The Hall–Kier alpha value is -3.65. The molecule has 3 aromatic rings. The lowest BCUT2D eigenvalue weighted by Crippen LogP contribution is -2.38. The number of carbonyl (C=O) groups excluding carboxylic acids is 2. The minimum Gasteiger partial charge on any atom is -0.384 e. The first-order valence-electron chi connectivity index (χ1n) is 12.4. The van der Waals surface area contributed by atoms with E-state index in [9.17, 15) is 14.9 Å². The van der Waals surface area contributed by atoms with Gasteiger partial charge in [0.15, 0.2) is 10.1 Å². The number of thioether (sulfide) groups is 1. The summed E-state index contributed by atoms with van der Waals surface area (Å²) in [5.41, 5.74) is 10.1. The van der Waals surface area contributed by atoms with Crippen LogP contribution in [0.4, 0.5) is 5.13 Å². The van der Waals surface area contributed by atoms with E-state index in [-0.39, 0.29) is 28.8 Å². The number of benzene rings is 2. The van der Waals surface area contributed by atoms with Crippen molar-refractivity contribution in [1.82, 2.24) is 15.5 Å². The third-order valence-corrected chi connectivity index (χ3v) is 8.86. The average Bonchev–Trinajstić information content (AvgIpc) is 3.40. The molecule has 1 atom stereocenters. The molecule has 0 spiro atoms. The predicted molar refractivity (Wildman–Crippen MR) is 153 cm³/mol. The first kappa shape index (κ1) is 26.9. The van der Waals surface area contributed by atoms with Crippen molar-refractivity contribution in [3.05, 3.63) is 93.4 Å². The van der Waals surface area contributed by atoms with Crippen molar-refractivity contribution in [2.45, 2.75) is 35.9 Å². The van der Waals surface area contributed by atoms with Gasteiger partial charge in [-0.25, -0.2) is 0 Å². The van der Waals surface area contributed by atoms with Crippen molar-refractivity contribution < 1.29 is 9.59 Å². The van der Waals surface area contributed by atoms with Gasteiger partial charge in [0.05, 0.1) is 23.3 Å². The lowest BCUT2D eigenvalue weighted by molar-refractivity contribution is -0.118. The van der Waals surface area contributed by atoms with Gasteiger partial charge in [0.25, 0.3) is 0 Å². The molecule has 8 nitrogen and oxygen atoms in total. The second-order valence-electron chi connectivity index (χ2n) is 9.10. The molecule has 1 aliphatic heterocycles. The van der Waals surface area contributed by atoms with E-state index >= 15 is 0 Å². The summed E-state index contributed by atoms with van der Waals surface area (Å²) in [5, 5.41) is 22.6. The van der Waals surface area contributed by atoms with Gasteiger partial charge in [-0.15, -0.1) is 10.2 Å². The number of halogens is 1. The molecule has 0 saturated carbocycles. The SMILES string of the molecule is N#CC1=C(N)N(c2nnc(SCC(=O)NCCc3ccccc3)s2)C2=C(C(=O)CCC2)C1c1cccc(Cl)c1. The molecule has 1 unspecified atom stereocenters. The number of nitrogens with one attached hydrogen (secondary N) is 1. The van der Waals surface area contributed by atoms with Gasteiger partial charge in [-0.05, 0) is 42.5 Å². The van der Waals surface area contributed by atoms with Gasteiger partial charge in [-0.3, -0.25) is 14.5 Å². The van der Waals surface area contributed by atoms with Gasteiger partial charge in [-0.2, -0.15) is 5.26 Å². The second-order valence-corrected chi connectivity index (χ2v) is 11.7. The Morgan fingerprint density at radius 3 is 2.79 bits per heavy atom. The fourth-order valence-electron chi connectivity index (χ4n) is 4.84. The molecule has 0 radical (unpaired) electrons. The first-order chi connectivity index (χ1) is 19.0. The van der Waals surface area contributed by atoms with Crippen LogP contribution in [0.15, 0.2) is 81.6 Å². The Kier molecular flexibility index (Phi) is 8.31. The number of carbonyl (C=O) groups is 2. The smallest absolute Gasteiger partial charge is 0.230 e. The zero-order valence-electron chi connectivity index (χ0n) is 20.9. The van der Waals surface area contributed by atoms with E-state index in [0.717, 1.165) is 23.2 Å². The molecular weight excluding hydrogens is 552 g/mol.